The Balaban J connectivity index is 1.63. The minimum Gasteiger partial charge on any atom is -0.394 e. The van der Waals surface area contributed by atoms with E-state index in [1.807, 2.05) is 0 Å². The van der Waals surface area contributed by atoms with Gasteiger partial charge in [-0.1, -0.05) is 5.21 Å². The zero-order valence-corrected chi connectivity index (χ0v) is 15.1. The molecule has 3 heterocycles. The van der Waals surface area contributed by atoms with E-state index in [0.29, 0.717) is 0 Å². The van der Waals surface area contributed by atoms with Crippen molar-refractivity contribution in [2.45, 2.75) is 68.0 Å². The van der Waals surface area contributed by atoms with Crippen LogP contribution in [0.3, 0.4) is 0 Å². The van der Waals surface area contributed by atoms with Gasteiger partial charge in [0.2, 0.25) is 0 Å². The molecule has 0 radical (unpaired) electrons. The molecule has 10 atom stereocenters. The summed E-state index contributed by atoms with van der Waals surface area (Å²) in [5.41, 5.74) is 0.193. The highest BCUT2D eigenvalue weighted by Crippen LogP contribution is 2.28. The lowest BCUT2D eigenvalue weighted by Gasteiger charge is -2.39. The summed E-state index contributed by atoms with van der Waals surface area (Å²) in [6, 6.07) is 0. The maximum atomic E-state index is 10.1. The van der Waals surface area contributed by atoms with E-state index < -0.39 is 74.6 Å². The van der Waals surface area contributed by atoms with Gasteiger partial charge in [0, 0.05) is 0 Å². The maximum absolute atomic E-state index is 10.1. The van der Waals surface area contributed by atoms with Crippen LogP contribution in [0, 0.1) is 0 Å². The predicted octanol–water partition coefficient (Wildman–Crippen LogP) is -5.43. The van der Waals surface area contributed by atoms with Gasteiger partial charge < -0.3 is 55.1 Å². The molecule has 3 rings (SSSR count). The average Bonchev–Trinajstić information content (AvgIpc) is 3.19. The molecule has 0 spiro atoms. The minimum atomic E-state index is -1.59. The van der Waals surface area contributed by atoms with E-state index in [1.165, 1.54) is 6.20 Å². The summed E-state index contributed by atoms with van der Waals surface area (Å²) in [5.74, 6) is 0. The van der Waals surface area contributed by atoms with Crippen LogP contribution in [-0.4, -0.2) is 124 Å². The van der Waals surface area contributed by atoms with E-state index in [0.717, 1.165) is 4.68 Å². The molecule has 2 aliphatic heterocycles. The second-order valence-corrected chi connectivity index (χ2v) is 6.92. The predicted molar refractivity (Wildman–Crippen MR) is 87.6 cm³/mol. The van der Waals surface area contributed by atoms with Crippen LogP contribution in [0.1, 0.15) is 11.9 Å². The van der Waals surface area contributed by atoms with Gasteiger partial charge >= 0.3 is 0 Å². The molecule has 1 aromatic rings. The standard InChI is InChI=1S/C15H25N3O11/c19-2-6-8(21)10(23)12(25)14(28-6)18-1-5(16-17-18)4-27-15-13(26)11(24)9(22)7(3-20)29-15/h1,6-15,19-26H,2-4H2/t6-,7-,8+,9-,10+,11+,12-,13-,14-,15-/m1/s1. The molecule has 0 aromatic carbocycles. The van der Waals surface area contributed by atoms with Crippen LogP contribution >= 0.6 is 0 Å². The van der Waals surface area contributed by atoms with E-state index >= 15 is 0 Å². The number of ether oxygens (including phenoxy) is 3. The summed E-state index contributed by atoms with van der Waals surface area (Å²) >= 11 is 0. The maximum Gasteiger partial charge on any atom is 0.187 e. The van der Waals surface area contributed by atoms with Crippen molar-refractivity contribution in [3.63, 3.8) is 0 Å². The third kappa shape index (κ3) is 4.42. The van der Waals surface area contributed by atoms with Crippen molar-refractivity contribution in [1.29, 1.82) is 0 Å². The molecular weight excluding hydrogens is 398 g/mol. The average molecular weight is 423 g/mol. The first-order valence-electron chi connectivity index (χ1n) is 8.91. The third-order valence-corrected chi connectivity index (χ3v) is 4.93. The molecule has 0 amide bonds. The van der Waals surface area contributed by atoms with Gasteiger partial charge in [-0.05, 0) is 0 Å². The Morgan fingerprint density at radius 3 is 2.03 bits per heavy atom. The fourth-order valence-electron chi connectivity index (χ4n) is 3.18. The van der Waals surface area contributed by atoms with Gasteiger partial charge in [0.1, 0.15) is 54.5 Å². The van der Waals surface area contributed by atoms with E-state index in [2.05, 4.69) is 10.3 Å². The lowest BCUT2D eigenvalue weighted by molar-refractivity contribution is -0.304. The van der Waals surface area contributed by atoms with Crippen molar-refractivity contribution in [3.05, 3.63) is 11.9 Å². The van der Waals surface area contributed by atoms with E-state index in [1.54, 1.807) is 0 Å². The third-order valence-electron chi connectivity index (χ3n) is 4.93. The summed E-state index contributed by atoms with van der Waals surface area (Å²) in [6.07, 6.45) is -12.8. The number of aromatic nitrogens is 3. The number of nitrogens with zero attached hydrogens (tertiary/aromatic N) is 3. The summed E-state index contributed by atoms with van der Waals surface area (Å²) in [6.45, 7) is -1.46. The number of aliphatic hydroxyl groups is 8. The van der Waals surface area contributed by atoms with Crippen molar-refractivity contribution in [3.8, 4) is 0 Å². The smallest absolute Gasteiger partial charge is 0.187 e. The molecule has 2 aliphatic rings. The van der Waals surface area contributed by atoms with Gasteiger partial charge in [0.15, 0.2) is 12.5 Å². The number of aliphatic hydroxyl groups excluding tert-OH is 8. The van der Waals surface area contributed by atoms with Crippen LogP contribution in [0.25, 0.3) is 0 Å². The molecule has 29 heavy (non-hydrogen) atoms. The molecule has 0 bridgehead atoms. The molecule has 2 fully saturated rings. The Kier molecular flexibility index (Phi) is 7.13. The molecule has 14 heteroatoms. The van der Waals surface area contributed by atoms with Crippen molar-refractivity contribution in [1.82, 2.24) is 15.0 Å². The van der Waals surface area contributed by atoms with Gasteiger partial charge in [-0.2, -0.15) is 0 Å². The molecule has 166 valence electrons. The van der Waals surface area contributed by atoms with Gasteiger partial charge in [-0.3, -0.25) is 0 Å². The van der Waals surface area contributed by atoms with Crippen molar-refractivity contribution in [2.24, 2.45) is 0 Å². The van der Waals surface area contributed by atoms with E-state index in [9.17, 15) is 40.9 Å². The fraction of sp³-hybridized carbons (Fsp3) is 0.867. The summed E-state index contributed by atoms with van der Waals surface area (Å²) in [5, 5.41) is 85.1. The Bertz CT molecular complexity index is 659. The second kappa shape index (κ2) is 9.23. The number of rotatable bonds is 6. The largest absolute Gasteiger partial charge is 0.394 e. The monoisotopic (exact) mass is 423 g/mol. The molecular formula is C15H25N3O11. The molecule has 1 aromatic heterocycles. The van der Waals surface area contributed by atoms with E-state index in [-0.39, 0.29) is 12.3 Å². The van der Waals surface area contributed by atoms with Crippen LogP contribution < -0.4 is 0 Å². The quantitative estimate of drug-likeness (QED) is 0.214. The Hall–Kier alpha value is -1.30. The molecule has 0 saturated carbocycles. The highest BCUT2D eigenvalue weighted by Gasteiger charge is 2.45. The Morgan fingerprint density at radius 1 is 0.828 bits per heavy atom. The van der Waals surface area contributed by atoms with Gasteiger partial charge in [0.25, 0.3) is 0 Å². The summed E-state index contributed by atoms with van der Waals surface area (Å²) in [4.78, 5) is 0. The molecule has 0 unspecified atom stereocenters. The molecule has 14 nitrogen and oxygen atoms in total. The fourth-order valence-corrected chi connectivity index (χ4v) is 3.18. The van der Waals surface area contributed by atoms with Crippen LogP contribution in [0.2, 0.25) is 0 Å². The lowest BCUT2D eigenvalue weighted by atomic mass is 9.98. The minimum absolute atomic E-state index is 0.193. The Labute approximate surface area is 164 Å². The van der Waals surface area contributed by atoms with Gasteiger partial charge in [0.05, 0.1) is 26.0 Å². The van der Waals surface area contributed by atoms with Crippen LogP contribution in [-0.2, 0) is 20.8 Å². The highest BCUT2D eigenvalue weighted by molar-refractivity contribution is 4.96. The first-order valence-corrected chi connectivity index (χ1v) is 8.91. The van der Waals surface area contributed by atoms with E-state index in [4.69, 9.17) is 14.2 Å². The highest BCUT2D eigenvalue weighted by atomic mass is 16.7. The first-order chi connectivity index (χ1) is 13.8. The van der Waals surface area contributed by atoms with Crippen molar-refractivity contribution < 1.29 is 55.1 Å². The summed E-state index contributed by atoms with van der Waals surface area (Å²) < 4.78 is 17.0. The topological polar surface area (TPSA) is 220 Å². The lowest BCUT2D eigenvalue weighted by Crippen LogP contribution is -2.59. The first kappa shape index (κ1) is 22.4. The van der Waals surface area contributed by atoms with Crippen LogP contribution in [0.4, 0.5) is 0 Å². The van der Waals surface area contributed by atoms with Gasteiger partial charge in [-0.25, -0.2) is 4.68 Å². The molecule has 8 N–H and O–H groups in total. The molecule has 2 saturated heterocycles. The SMILES string of the molecule is OC[C@H]1O[C@@H](n2cc(CO[C@@H]3O[C@H](CO)[C@@H](O)[C@H](O)[C@H]3O)nn2)[C@H](O)[C@@H](O)[C@H]1O. The zero-order chi connectivity index (χ0) is 21.3. The van der Waals surface area contributed by atoms with Crippen molar-refractivity contribution in [2.75, 3.05) is 13.2 Å². The normalized spacial score (nSPS) is 43.4. The summed E-state index contributed by atoms with van der Waals surface area (Å²) in [7, 11) is 0. The Morgan fingerprint density at radius 2 is 1.41 bits per heavy atom. The van der Waals surface area contributed by atoms with Crippen LogP contribution in [0.5, 0.6) is 0 Å². The second-order valence-electron chi connectivity index (χ2n) is 6.92. The number of hydrogen-bond donors (Lipinski definition) is 8. The van der Waals surface area contributed by atoms with Crippen LogP contribution in [0.15, 0.2) is 6.20 Å². The molecule has 0 aliphatic carbocycles. The van der Waals surface area contributed by atoms with Gasteiger partial charge in [-0.15, -0.1) is 5.10 Å². The number of hydrogen-bond acceptors (Lipinski definition) is 13. The van der Waals surface area contributed by atoms with Crippen molar-refractivity contribution >= 4 is 0 Å². The zero-order valence-electron chi connectivity index (χ0n) is 15.1.